The number of aromatic nitrogens is 2. The lowest BCUT2D eigenvalue weighted by molar-refractivity contribution is 0.270. The first-order chi connectivity index (χ1) is 10.0. The van der Waals surface area contributed by atoms with Gasteiger partial charge in [0.2, 0.25) is 0 Å². The third-order valence-corrected chi connectivity index (χ3v) is 5.37. The minimum atomic E-state index is 0.232. The van der Waals surface area contributed by atoms with Gasteiger partial charge in [-0.25, -0.2) is 9.97 Å². The van der Waals surface area contributed by atoms with Crippen molar-refractivity contribution in [2.75, 3.05) is 6.26 Å². The van der Waals surface area contributed by atoms with E-state index < -0.39 is 0 Å². The van der Waals surface area contributed by atoms with E-state index in [-0.39, 0.29) is 5.41 Å². The number of rotatable bonds is 2. The van der Waals surface area contributed by atoms with Crippen LogP contribution in [0.15, 0.2) is 35.7 Å². The highest BCUT2D eigenvalue weighted by Crippen LogP contribution is 2.50. The number of hydrogen-bond acceptors (Lipinski definition) is 3. The molecule has 2 aromatic rings. The molecule has 0 amide bonds. The Hall–Kier alpha value is -1.35. The minimum Gasteiger partial charge on any atom is -0.244 e. The van der Waals surface area contributed by atoms with Crippen molar-refractivity contribution in [3.05, 3.63) is 53.0 Å². The monoisotopic (exact) mass is 298 g/mol. The number of fused-ring (bicyclic) bond motifs is 1. The van der Waals surface area contributed by atoms with Crippen molar-refractivity contribution in [2.45, 2.75) is 44.6 Å². The maximum absolute atomic E-state index is 4.49. The number of thioether (sulfide) groups is 1. The SMILES string of the molecule is CSc1ncncc1C1c2cc(C)ccc2CCC1(C)C. The van der Waals surface area contributed by atoms with Crippen LogP contribution in [0, 0.1) is 12.3 Å². The molecular formula is C18H22N2S. The van der Waals surface area contributed by atoms with Gasteiger partial charge in [0.15, 0.2) is 0 Å². The molecule has 2 nitrogen and oxygen atoms in total. The van der Waals surface area contributed by atoms with Gasteiger partial charge in [0.05, 0.1) is 0 Å². The molecule has 0 bridgehead atoms. The molecule has 3 heteroatoms. The Morgan fingerprint density at radius 2 is 2.05 bits per heavy atom. The third kappa shape index (κ3) is 2.59. The van der Waals surface area contributed by atoms with Gasteiger partial charge in [0.25, 0.3) is 0 Å². The summed E-state index contributed by atoms with van der Waals surface area (Å²) in [5, 5.41) is 1.11. The Labute approximate surface area is 131 Å². The van der Waals surface area contributed by atoms with Crippen molar-refractivity contribution in [3.63, 3.8) is 0 Å². The zero-order valence-corrected chi connectivity index (χ0v) is 14.0. The summed E-state index contributed by atoms with van der Waals surface area (Å²) in [4.78, 5) is 8.79. The van der Waals surface area contributed by atoms with Gasteiger partial charge in [-0.05, 0) is 42.6 Å². The smallest absolute Gasteiger partial charge is 0.116 e. The van der Waals surface area contributed by atoms with Gasteiger partial charge in [-0.2, -0.15) is 0 Å². The average Bonchev–Trinajstić information content (AvgIpc) is 2.46. The van der Waals surface area contributed by atoms with Crippen molar-refractivity contribution in [1.29, 1.82) is 0 Å². The van der Waals surface area contributed by atoms with Crippen LogP contribution in [0.5, 0.6) is 0 Å². The topological polar surface area (TPSA) is 25.8 Å². The van der Waals surface area contributed by atoms with Gasteiger partial charge >= 0.3 is 0 Å². The van der Waals surface area contributed by atoms with Gasteiger partial charge in [-0.3, -0.25) is 0 Å². The fraction of sp³-hybridized carbons (Fsp3) is 0.444. The molecule has 0 aliphatic heterocycles. The lowest BCUT2D eigenvalue weighted by Crippen LogP contribution is -2.30. The zero-order chi connectivity index (χ0) is 15.0. The summed E-state index contributed by atoms with van der Waals surface area (Å²) in [5.41, 5.74) is 5.80. The van der Waals surface area contributed by atoms with Crippen molar-refractivity contribution >= 4 is 11.8 Å². The second kappa shape index (κ2) is 5.45. The summed E-state index contributed by atoms with van der Waals surface area (Å²) in [7, 11) is 0. The van der Waals surface area contributed by atoms with Crippen LogP contribution in [-0.2, 0) is 6.42 Å². The summed E-state index contributed by atoms with van der Waals surface area (Å²) in [6.07, 6.45) is 8.14. The molecule has 1 atom stereocenters. The van der Waals surface area contributed by atoms with E-state index >= 15 is 0 Å². The quantitative estimate of drug-likeness (QED) is 0.598. The number of benzene rings is 1. The predicted molar refractivity (Wildman–Crippen MR) is 88.9 cm³/mol. The fourth-order valence-electron chi connectivity index (χ4n) is 3.52. The van der Waals surface area contributed by atoms with Crippen molar-refractivity contribution in [3.8, 4) is 0 Å². The van der Waals surface area contributed by atoms with E-state index in [1.54, 1.807) is 18.1 Å². The van der Waals surface area contributed by atoms with Gasteiger partial charge < -0.3 is 0 Å². The maximum Gasteiger partial charge on any atom is 0.116 e. The molecule has 110 valence electrons. The molecule has 0 fully saturated rings. The number of aryl methyl sites for hydroxylation is 2. The first-order valence-corrected chi connectivity index (χ1v) is 8.69. The van der Waals surface area contributed by atoms with Crippen LogP contribution in [0.25, 0.3) is 0 Å². The van der Waals surface area contributed by atoms with Crippen LogP contribution in [0.1, 0.15) is 48.4 Å². The second-order valence-electron chi connectivity index (χ2n) is 6.61. The van der Waals surface area contributed by atoms with Crippen LogP contribution in [0.4, 0.5) is 0 Å². The molecule has 1 heterocycles. The largest absolute Gasteiger partial charge is 0.244 e. The van der Waals surface area contributed by atoms with Crippen molar-refractivity contribution < 1.29 is 0 Å². The molecule has 0 N–H and O–H groups in total. The lowest BCUT2D eigenvalue weighted by Gasteiger charge is -2.41. The summed E-state index contributed by atoms with van der Waals surface area (Å²) < 4.78 is 0. The molecule has 1 aliphatic carbocycles. The van der Waals surface area contributed by atoms with Gasteiger partial charge in [-0.15, -0.1) is 11.8 Å². The Morgan fingerprint density at radius 1 is 1.24 bits per heavy atom. The predicted octanol–water partition coefficient (Wildman–Crippen LogP) is 4.61. The van der Waals surface area contributed by atoms with Gasteiger partial charge in [0.1, 0.15) is 11.4 Å². The van der Waals surface area contributed by atoms with E-state index in [9.17, 15) is 0 Å². The molecule has 1 aromatic carbocycles. The van der Waals surface area contributed by atoms with E-state index in [0.29, 0.717) is 5.92 Å². The minimum absolute atomic E-state index is 0.232. The lowest BCUT2D eigenvalue weighted by atomic mass is 9.64. The maximum atomic E-state index is 4.49. The summed E-state index contributed by atoms with van der Waals surface area (Å²) >= 11 is 1.72. The molecule has 1 aliphatic rings. The Kier molecular flexibility index (Phi) is 3.78. The summed E-state index contributed by atoms with van der Waals surface area (Å²) in [6.45, 7) is 6.93. The van der Waals surface area contributed by atoms with E-state index in [0.717, 1.165) is 5.03 Å². The van der Waals surface area contributed by atoms with E-state index in [1.165, 1.54) is 35.1 Å². The standard InChI is InChI=1S/C18H22N2S/c1-12-5-6-13-7-8-18(2,3)16(14(13)9-12)15-10-19-11-20-17(15)21-4/h5-6,9-11,16H,7-8H2,1-4H3. The molecule has 3 rings (SSSR count). The molecule has 0 saturated heterocycles. The highest BCUT2D eigenvalue weighted by atomic mass is 32.2. The Morgan fingerprint density at radius 3 is 2.81 bits per heavy atom. The van der Waals surface area contributed by atoms with Crippen LogP contribution >= 0.6 is 11.8 Å². The Bertz CT molecular complexity index is 664. The van der Waals surface area contributed by atoms with Gasteiger partial charge in [-0.1, -0.05) is 37.6 Å². The zero-order valence-electron chi connectivity index (χ0n) is 13.2. The molecule has 0 radical (unpaired) electrons. The average molecular weight is 298 g/mol. The Balaban J connectivity index is 2.21. The third-order valence-electron chi connectivity index (χ3n) is 4.64. The van der Waals surface area contributed by atoms with Crippen molar-refractivity contribution in [2.24, 2.45) is 5.41 Å². The highest BCUT2D eigenvalue weighted by molar-refractivity contribution is 7.98. The second-order valence-corrected chi connectivity index (χ2v) is 7.41. The number of nitrogens with zero attached hydrogens (tertiary/aromatic N) is 2. The first kappa shape index (κ1) is 14.6. The summed E-state index contributed by atoms with van der Waals surface area (Å²) in [5.74, 6) is 0.379. The van der Waals surface area contributed by atoms with E-state index in [4.69, 9.17) is 0 Å². The van der Waals surface area contributed by atoms with E-state index in [2.05, 4.69) is 55.2 Å². The van der Waals surface area contributed by atoms with Crippen LogP contribution in [0.2, 0.25) is 0 Å². The van der Waals surface area contributed by atoms with Gasteiger partial charge in [0, 0.05) is 17.7 Å². The molecule has 0 spiro atoms. The summed E-state index contributed by atoms with van der Waals surface area (Å²) in [6, 6.07) is 6.89. The van der Waals surface area contributed by atoms with Crippen LogP contribution in [0.3, 0.4) is 0 Å². The fourth-order valence-corrected chi connectivity index (χ4v) is 4.08. The van der Waals surface area contributed by atoms with Crippen LogP contribution < -0.4 is 0 Å². The normalized spacial score (nSPS) is 20.1. The van der Waals surface area contributed by atoms with E-state index in [1.807, 2.05) is 6.20 Å². The number of hydrogen-bond donors (Lipinski definition) is 0. The van der Waals surface area contributed by atoms with Crippen LogP contribution in [-0.4, -0.2) is 16.2 Å². The first-order valence-electron chi connectivity index (χ1n) is 7.46. The molecule has 0 saturated carbocycles. The molecule has 1 unspecified atom stereocenters. The molecule has 21 heavy (non-hydrogen) atoms. The highest BCUT2D eigenvalue weighted by Gasteiger charge is 2.38. The molecular weight excluding hydrogens is 276 g/mol. The van der Waals surface area contributed by atoms with Crippen molar-refractivity contribution in [1.82, 2.24) is 9.97 Å². The molecule has 1 aromatic heterocycles.